The van der Waals surface area contributed by atoms with Gasteiger partial charge in [-0.15, -0.1) is 0 Å². The molecule has 0 fully saturated rings. The Morgan fingerprint density at radius 1 is 1.29 bits per heavy atom. The van der Waals surface area contributed by atoms with Crippen molar-refractivity contribution in [2.24, 2.45) is 0 Å². The Bertz CT molecular complexity index is 806. The van der Waals surface area contributed by atoms with Gasteiger partial charge < -0.3 is 14.8 Å². The second-order valence-corrected chi connectivity index (χ2v) is 5.24. The molecule has 0 bridgehead atoms. The first-order valence-corrected chi connectivity index (χ1v) is 7.32. The van der Waals surface area contributed by atoms with Crippen LogP contribution in [-0.4, -0.2) is 29.0 Å². The molecule has 0 saturated carbocycles. The van der Waals surface area contributed by atoms with Gasteiger partial charge in [-0.05, 0) is 24.6 Å². The molecule has 8 nitrogen and oxygen atoms in total. The van der Waals surface area contributed by atoms with Crippen molar-refractivity contribution in [3.8, 4) is 11.5 Å². The van der Waals surface area contributed by atoms with E-state index in [1.165, 1.54) is 6.07 Å². The van der Waals surface area contributed by atoms with Gasteiger partial charge in [0.2, 0.25) is 0 Å². The van der Waals surface area contributed by atoms with Gasteiger partial charge in [0.15, 0.2) is 11.5 Å². The maximum atomic E-state index is 12.3. The van der Waals surface area contributed by atoms with Crippen LogP contribution in [0.3, 0.4) is 0 Å². The molecular formula is C16H15N3O5. The molecule has 24 heavy (non-hydrogen) atoms. The number of aromatic nitrogens is 1. The van der Waals surface area contributed by atoms with Crippen molar-refractivity contribution in [2.75, 3.05) is 13.2 Å². The number of fused-ring (bicyclic) bond motifs is 1. The number of carbonyl (C=O) groups excluding carboxylic acids is 1. The zero-order valence-corrected chi connectivity index (χ0v) is 12.9. The number of pyridine rings is 1. The summed E-state index contributed by atoms with van der Waals surface area (Å²) in [5.74, 6) is 0.898. The van der Waals surface area contributed by atoms with Crippen LogP contribution in [0.4, 0.5) is 5.69 Å². The number of aryl methyl sites for hydroxylation is 1. The quantitative estimate of drug-likeness (QED) is 0.679. The van der Waals surface area contributed by atoms with E-state index in [-0.39, 0.29) is 17.8 Å². The highest BCUT2D eigenvalue weighted by Gasteiger charge is 2.16. The Balaban J connectivity index is 1.72. The summed E-state index contributed by atoms with van der Waals surface area (Å²) in [6.07, 6.45) is 1.13. The van der Waals surface area contributed by atoms with E-state index in [2.05, 4.69) is 10.3 Å². The molecular weight excluding hydrogens is 314 g/mol. The molecule has 1 aliphatic heterocycles. The summed E-state index contributed by atoms with van der Waals surface area (Å²) in [5, 5.41) is 13.5. The third-order valence-electron chi connectivity index (χ3n) is 3.59. The number of nitrogens with zero attached hydrogens (tertiary/aromatic N) is 2. The second-order valence-electron chi connectivity index (χ2n) is 5.24. The molecule has 2 heterocycles. The van der Waals surface area contributed by atoms with Crippen LogP contribution in [0.2, 0.25) is 0 Å². The first-order valence-electron chi connectivity index (χ1n) is 7.32. The van der Waals surface area contributed by atoms with Crippen LogP contribution in [-0.2, 0) is 6.54 Å². The molecule has 1 N–H and O–H groups in total. The van der Waals surface area contributed by atoms with Gasteiger partial charge in [0.05, 0.1) is 16.2 Å². The highest BCUT2D eigenvalue weighted by Crippen LogP contribution is 2.30. The van der Waals surface area contributed by atoms with Crippen molar-refractivity contribution in [3.63, 3.8) is 0 Å². The number of hydrogen-bond acceptors (Lipinski definition) is 6. The summed E-state index contributed by atoms with van der Waals surface area (Å²) in [6.45, 7) is 2.89. The fourth-order valence-electron chi connectivity index (χ4n) is 2.33. The van der Waals surface area contributed by atoms with E-state index < -0.39 is 10.8 Å². The number of rotatable bonds is 4. The summed E-state index contributed by atoms with van der Waals surface area (Å²) in [7, 11) is 0. The number of benzene rings is 1. The number of hydrogen-bond donors (Lipinski definition) is 1. The summed E-state index contributed by atoms with van der Waals surface area (Å²) in [5.41, 5.74) is 1.23. The van der Waals surface area contributed by atoms with Crippen molar-refractivity contribution in [1.82, 2.24) is 10.3 Å². The maximum Gasteiger partial charge on any atom is 0.288 e. The van der Waals surface area contributed by atoms with Crippen LogP contribution in [0.15, 0.2) is 30.5 Å². The zero-order chi connectivity index (χ0) is 17.1. The van der Waals surface area contributed by atoms with Gasteiger partial charge in [-0.1, -0.05) is 6.07 Å². The largest absolute Gasteiger partial charge is 0.486 e. The standard InChI is InChI=1S/C16H15N3O5/c1-10-13(7-12(9-17-10)19(21)22)16(20)18-8-11-2-3-14-15(6-11)24-5-4-23-14/h2-3,6-7,9H,4-5,8H2,1H3,(H,18,20). The Hall–Kier alpha value is -3.16. The normalized spacial score (nSPS) is 12.5. The molecule has 1 aliphatic rings. The van der Waals surface area contributed by atoms with E-state index in [1.54, 1.807) is 19.1 Å². The van der Waals surface area contributed by atoms with E-state index in [1.807, 2.05) is 6.07 Å². The van der Waals surface area contributed by atoms with Crippen LogP contribution in [0, 0.1) is 17.0 Å². The first-order chi connectivity index (χ1) is 11.5. The fourth-order valence-corrected chi connectivity index (χ4v) is 2.33. The van der Waals surface area contributed by atoms with E-state index in [9.17, 15) is 14.9 Å². The zero-order valence-electron chi connectivity index (χ0n) is 12.9. The predicted octanol–water partition coefficient (Wildman–Crippen LogP) is 2.00. The molecule has 0 unspecified atom stereocenters. The first kappa shape index (κ1) is 15.7. The summed E-state index contributed by atoms with van der Waals surface area (Å²) in [4.78, 5) is 26.4. The minimum atomic E-state index is -0.579. The third-order valence-corrected chi connectivity index (χ3v) is 3.59. The van der Waals surface area contributed by atoms with Gasteiger partial charge in [0.1, 0.15) is 19.4 Å². The average Bonchev–Trinajstić information content (AvgIpc) is 2.59. The van der Waals surface area contributed by atoms with Gasteiger partial charge in [-0.25, -0.2) is 0 Å². The number of ether oxygens (including phenoxy) is 2. The number of nitro groups is 1. The van der Waals surface area contributed by atoms with Crippen molar-refractivity contribution in [2.45, 2.75) is 13.5 Å². The van der Waals surface area contributed by atoms with E-state index in [0.29, 0.717) is 30.4 Å². The van der Waals surface area contributed by atoms with Crippen LogP contribution >= 0.6 is 0 Å². The summed E-state index contributed by atoms with van der Waals surface area (Å²) < 4.78 is 10.9. The van der Waals surface area contributed by atoms with Gasteiger partial charge >= 0.3 is 0 Å². The Labute approximate surface area is 137 Å². The van der Waals surface area contributed by atoms with Crippen LogP contribution < -0.4 is 14.8 Å². The average molecular weight is 329 g/mol. The van der Waals surface area contributed by atoms with Crippen LogP contribution in [0.25, 0.3) is 0 Å². The van der Waals surface area contributed by atoms with Gasteiger partial charge in [-0.2, -0.15) is 0 Å². The summed E-state index contributed by atoms with van der Waals surface area (Å²) >= 11 is 0. The lowest BCUT2D eigenvalue weighted by Crippen LogP contribution is -2.24. The summed E-state index contributed by atoms with van der Waals surface area (Å²) in [6, 6.07) is 6.64. The molecule has 0 radical (unpaired) electrons. The minimum Gasteiger partial charge on any atom is -0.486 e. The molecule has 2 aromatic rings. The Morgan fingerprint density at radius 3 is 2.79 bits per heavy atom. The highest BCUT2D eigenvalue weighted by atomic mass is 16.6. The van der Waals surface area contributed by atoms with Gasteiger partial charge in [-0.3, -0.25) is 19.9 Å². The van der Waals surface area contributed by atoms with Gasteiger partial charge in [0.25, 0.3) is 11.6 Å². The Kier molecular flexibility index (Phi) is 4.28. The van der Waals surface area contributed by atoms with Crippen molar-refractivity contribution >= 4 is 11.6 Å². The number of carbonyl (C=O) groups is 1. The molecule has 3 rings (SSSR count). The third kappa shape index (κ3) is 3.27. The van der Waals surface area contributed by atoms with Crippen molar-refractivity contribution < 1.29 is 19.2 Å². The lowest BCUT2D eigenvalue weighted by Gasteiger charge is -2.19. The molecule has 1 aromatic carbocycles. The van der Waals surface area contributed by atoms with Crippen molar-refractivity contribution in [3.05, 3.63) is 57.4 Å². The topological polar surface area (TPSA) is 104 Å². The maximum absolute atomic E-state index is 12.3. The van der Waals surface area contributed by atoms with E-state index >= 15 is 0 Å². The Morgan fingerprint density at radius 2 is 2.04 bits per heavy atom. The molecule has 0 aliphatic carbocycles. The second kappa shape index (κ2) is 6.53. The highest BCUT2D eigenvalue weighted by molar-refractivity contribution is 5.95. The SMILES string of the molecule is Cc1ncc([N+](=O)[O-])cc1C(=O)NCc1ccc2c(c1)OCCO2. The lowest BCUT2D eigenvalue weighted by molar-refractivity contribution is -0.385. The smallest absolute Gasteiger partial charge is 0.288 e. The molecule has 0 spiro atoms. The number of nitrogens with one attached hydrogen (secondary N) is 1. The van der Waals surface area contributed by atoms with Gasteiger partial charge in [0, 0.05) is 12.6 Å². The van der Waals surface area contributed by atoms with E-state index in [0.717, 1.165) is 11.8 Å². The fraction of sp³-hybridized carbons (Fsp3) is 0.250. The monoisotopic (exact) mass is 329 g/mol. The number of amides is 1. The van der Waals surface area contributed by atoms with Crippen LogP contribution in [0.5, 0.6) is 11.5 Å². The molecule has 0 atom stereocenters. The van der Waals surface area contributed by atoms with Crippen molar-refractivity contribution in [1.29, 1.82) is 0 Å². The molecule has 1 aromatic heterocycles. The lowest BCUT2D eigenvalue weighted by atomic mass is 10.1. The predicted molar refractivity (Wildman–Crippen MR) is 84.2 cm³/mol. The molecule has 8 heteroatoms. The van der Waals surface area contributed by atoms with Crippen LogP contribution in [0.1, 0.15) is 21.6 Å². The molecule has 0 saturated heterocycles. The minimum absolute atomic E-state index is 0.182. The molecule has 1 amide bonds. The molecule has 124 valence electrons. The van der Waals surface area contributed by atoms with E-state index in [4.69, 9.17) is 9.47 Å².